The maximum absolute atomic E-state index is 14.5. The zero-order valence-corrected chi connectivity index (χ0v) is 48.2. The molecule has 2 aromatic heterocycles. The Bertz CT molecular complexity index is 4670. The van der Waals surface area contributed by atoms with Crippen LogP contribution in [0, 0.1) is 22.7 Å². The molecule has 0 spiro atoms. The van der Waals surface area contributed by atoms with Gasteiger partial charge in [-0.15, -0.1) is 0 Å². The smallest absolute Gasteiger partial charge is 0.308 e. The van der Waals surface area contributed by atoms with E-state index in [9.17, 15) is 116 Å². The molecule has 0 bridgehead atoms. The van der Waals surface area contributed by atoms with Gasteiger partial charge < -0.3 is 9.13 Å². The van der Waals surface area contributed by atoms with Gasteiger partial charge in [0.2, 0.25) is 0 Å². The maximum Gasteiger partial charge on any atom is 0.416 e. The fraction of sp³-hybridized carbons (Fsp3) is 0.114. The highest BCUT2D eigenvalue weighted by Gasteiger charge is 2.42. The maximum atomic E-state index is 14.5. The Morgan fingerprint density at radius 2 is 0.469 bits per heavy atom. The standard InChI is InChI=1S/C70H30F24N4/c71-63(72,73)43-13-38(14-44(27-43)64(74,75)76)33-5-9-52-53-10-6-34(39-15-45(65(77,78)79)28-46(16-39)66(80,81)82)22-58(53)97(57(52)21-33)61-25-42(51-4-2-1-3-37(51)31-95)26-62(56(61)32-96)98-59-23-35(40-17-47(67(83,84)85)29-48(18-40)68(86,87)88)7-11-54(59)55-12-8-36(24-60(55)98)41-19-49(69(89,90)91)30-50(20-41)70(92,93)94/h1-30H. The van der Waals surface area contributed by atoms with Crippen LogP contribution < -0.4 is 0 Å². The van der Waals surface area contributed by atoms with Crippen molar-refractivity contribution in [1.82, 2.24) is 9.13 Å². The molecule has 12 rings (SSSR count). The molecule has 28 heteroatoms. The summed E-state index contributed by atoms with van der Waals surface area (Å²) in [6.07, 6.45) is -43.4. The number of hydrogen-bond donors (Lipinski definition) is 0. The predicted octanol–water partition coefficient (Wildman–Crippen LogP) is 24.1. The second-order valence-corrected chi connectivity index (χ2v) is 22.4. The number of fused-ring (bicyclic) bond motifs is 6. The normalized spacial score (nSPS) is 13.1. The van der Waals surface area contributed by atoms with Crippen LogP contribution >= 0.6 is 0 Å². The molecule has 0 aliphatic carbocycles. The third-order valence-electron chi connectivity index (χ3n) is 16.3. The first-order valence-corrected chi connectivity index (χ1v) is 27.9. The topological polar surface area (TPSA) is 57.4 Å². The zero-order chi connectivity index (χ0) is 71.1. The van der Waals surface area contributed by atoms with Crippen LogP contribution in [0.25, 0.3) is 111 Å². The lowest BCUT2D eigenvalue weighted by Crippen LogP contribution is -2.11. The number of nitriles is 2. The van der Waals surface area contributed by atoms with Gasteiger partial charge in [0, 0.05) is 21.5 Å². The number of rotatable bonds is 7. The van der Waals surface area contributed by atoms with Gasteiger partial charge in [0.15, 0.2) is 0 Å². The highest BCUT2D eigenvalue weighted by atomic mass is 19.4. The summed E-state index contributed by atoms with van der Waals surface area (Å²) in [4.78, 5) is 0. The van der Waals surface area contributed by atoms with Crippen LogP contribution in [0.1, 0.15) is 55.6 Å². The Labute approximate surface area is 533 Å². The Morgan fingerprint density at radius 3 is 0.684 bits per heavy atom. The monoisotopic (exact) mass is 1380 g/mol. The van der Waals surface area contributed by atoms with E-state index in [-0.39, 0.29) is 84.6 Å². The van der Waals surface area contributed by atoms with Crippen LogP contribution in [0.15, 0.2) is 182 Å². The van der Waals surface area contributed by atoms with Gasteiger partial charge in [-0.3, -0.25) is 0 Å². The summed E-state index contributed by atoms with van der Waals surface area (Å²) in [6, 6.07) is 26.7. The largest absolute Gasteiger partial charge is 0.416 e. The van der Waals surface area contributed by atoms with Gasteiger partial charge in [-0.2, -0.15) is 116 Å². The molecule has 0 aliphatic heterocycles. The molecule has 0 atom stereocenters. The Balaban J connectivity index is 1.27. The average molecular weight is 1380 g/mol. The first-order chi connectivity index (χ1) is 45.5. The molecule has 0 saturated heterocycles. The first-order valence-electron chi connectivity index (χ1n) is 27.9. The first kappa shape index (κ1) is 67.1. The quantitative estimate of drug-likeness (QED) is 0.149. The molecule has 0 unspecified atom stereocenters. The van der Waals surface area contributed by atoms with Crippen LogP contribution in [0.3, 0.4) is 0 Å². The number of halogens is 24. The minimum absolute atomic E-state index is 0.0450. The third-order valence-corrected chi connectivity index (χ3v) is 16.3. The summed E-state index contributed by atoms with van der Waals surface area (Å²) in [5.41, 5.74) is -22.5. The summed E-state index contributed by atoms with van der Waals surface area (Å²) in [6.45, 7) is 0. The van der Waals surface area contributed by atoms with E-state index in [2.05, 4.69) is 0 Å². The molecule has 0 radical (unpaired) electrons. The van der Waals surface area contributed by atoms with Crippen molar-refractivity contribution in [2.75, 3.05) is 0 Å². The Kier molecular flexibility index (Phi) is 15.7. The van der Waals surface area contributed by atoms with Crippen molar-refractivity contribution in [2.45, 2.75) is 49.4 Å². The van der Waals surface area contributed by atoms with Gasteiger partial charge in [0.05, 0.1) is 89.6 Å². The Morgan fingerprint density at radius 1 is 0.235 bits per heavy atom. The molecule has 12 aromatic rings. The van der Waals surface area contributed by atoms with Gasteiger partial charge in [0.25, 0.3) is 0 Å². The van der Waals surface area contributed by atoms with Crippen molar-refractivity contribution < 1.29 is 105 Å². The lowest BCUT2D eigenvalue weighted by atomic mass is 9.96. The number of benzene rings is 10. The molecule has 0 amide bonds. The van der Waals surface area contributed by atoms with Crippen LogP contribution in [-0.2, 0) is 49.4 Å². The van der Waals surface area contributed by atoms with E-state index in [1.165, 1.54) is 36.4 Å². The van der Waals surface area contributed by atoms with Gasteiger partial charge in [-0.1, -0.05) is 66.7 Å². The van der Waals surface area contributed by atoms with Crippen molar-refractivity contribution in [3.8, 4) is 79.1 Å². The molecule has 4 nitrogen and oxygen atoms in total. The van der Waals surface area contributed by atoms with E-state index in [1.54, 1.807) is 0 Å². The highest BCUT2D eigenvalue weighted by molar-refractivity contribution is 6.13. The fourth-order valence-corrected chi connectivity index (χ4v) is 11.8. The lowest BCUT2D eigenvalue weighted by molar-refractivity contribution is -0.144. The van der Waals surface area contributed by atoms with Crippen LogP contribution in [0.2, 0.25) is 0 Å². The molecule has 0 N–H and O–H groups in total. The molecule has 498 valence electrons. The van der Waals surface area contributed by atoms with E-state index in [0.717, 1.165) is 81.9 Å². The molecular weight excluding hydrogens is 1350 g/mol. The predicted molar refractivity (Wildman–Crippen MR) is 312 cm³/mol. The molecule has 0 fully saturated rings. The van der Waals surface area contributed by atoms with Crippen molar-refractivity contribution in [2.24, 2.45) is 0 Å². The summed E-state index contributed by atoms with van der Waals surface area (Å²) < 4.78 is 350. The number of alkyl halides is 24. The molecule has 2 heterocycles. The van der Waals surface area contributed by atoms with E-state index < -0.39 is 155 Å². The van der Waals surface area contributed by atoms with Gasteiger partial charge in [-0.05, 0) is 171 Å². The van der Waals surface area contributed by atoms with Gasteiger partial charge in [-0.25, -0.2) is 0 Å². The SMILES string of the molecule is N#Cc1ccccc1-c1cc(-n2c3cc(-c4cc(C(F)(F)F)cc(C(F)(F)F)c4)ccc3c3ccc(-c4cc(C(F)(F)F)cc(C(F)(F)F)c4)cc32)c(C#N)c(-n2c3cc(-c4cc(C(F)(F)F)cc(C(F)(F)F)c4)ccc3c3ccc(-c4cc(C(F)(F)F)cc(C(F)(F)F)c4)cc32)c1. The van der Waals surface area contributed by atoms with E-state index in [0.29, 0.717) is 48.5 Å². The van der Waals surface area contributed by atoms with E-state index in [1.807, 2.05) is 12.1 Å². The van der Waals surface area contributed by atoms with Crippen molar-refractivity contribution in [3.63, 3.8) is 0 Å². The minimum atomic E-state index is -5.42. The van der Waals surface area contributed by atoms with E-state index in [4.69, 9.17) is 0 Å². The highest BCUT2D eigenvalue weighted by Crippen LogP contribution is 2.49. The summed E-state index contributed by atoms with van der Waals surface area (Å²) in [5, 5.41) is 22.3. The fourth-order valence-electron chi connectivity index (χ4n) is 11.8. The van der Waals surface area contributed by atoms with Gasteiger partial charge in [0.1, 0.15) is 11.6 Å². The van der Waals surface area contributed by atoms with Crippen molar-refractivity contribution >= 4 is 43.6 Å². The van der Waals surface area contributed by atoms with Crippen molar-refractivity contribution in [3.05, 3.63) is 238 Å². The lowest BCUT2D eigenvalue weighted by Gasteiger charge is -2.20. The summed E-state index contributed by atoms with van der Waals surface area (Å²) in [5.74, 6) is 0. The number of hydrogen-bond acceptors (Lipinski definition) is 2. The molecular formula is C70H30F24N4. The summed E-state index contributed by atoms with van der Waals surface area (Å²) in [7, 11) is 0. The molecule has 10 aromatic carbocycles. The van der Waals surface area contributed by atoms with Gasteiger partial charge >= 0.3 is 49.4 Å². The van der Waals surface area contributed by atoms with E-state index >= 15 is 0 Å². The van der Waals surface area contributed by atoms with Crippen molar-refractivity contribution in [1.29, 1.82) is 10.5 Å². The Hall–Kier alpha value is -10.9. The third kappa shape index (κ3) is 12.4. The van der Waals surface area contributed by atoms with Crippen LogP contribution in [0.4, 0.5) is 105 Å². The molecule has 0 saturated carbocycles. The average Bonchev–Trinajstić information content (AvgIpc) is 1.55. The second-order valence-electron chi connectivity index (χ2n) is 22.4. The van der Waals surface area contributed by atoms with Crippen LogP contribution in [0.5, 0.6) is 0 Å². The molecule has 98 heavy (non-hydrogen) atoms. The minimum Gasteiger partial charge on any atom is -0.308 e. The number of nitrogens with zero attached hydrogens (tertiary/aromatic N) is 4. The molecule has 0 aliphatic rings. The zero-order valence-electron chi connectivity index (χ0n) is 48.2. The summed E-state index contributed by atoms with van der Waals surface area (Å²) >= 11 is 0. The number of aromatic nitrogens is 2. The van der Waals surface area contributed by atoms with Crippen LogP contribution in [-0.4, -0.2) is 9.13 Å². The second kappa shape index (κ2) is 22.9.